The lowest BCUT2D eigenvalue weighted by Gasteiger charge is -2.09. The molecule has 0 spiro atoms. The lowest BCUT2D eigenvalue weighted by atomic mass is 10.1. The van der Waals surface area contributed by atoms with Crippen molar-refractivity contribution in [3.63, 3.8) is 0 Å². The van der Waals surface area contributed by atoms with Crippen molar-refractivity contribution in [1.82, 2.24) is 4.98 Å². The lowest BCUT2D eigenvalue weighted by Crippen LogP contribution is -2.12. The second kappa shape index (κ2) is 5.59. The smallest absolute Gasteiger partial charge is 0.261 e. The third-order valence-electron chi connectivity index (χ3n) is 3.30. The van der Waals surface area contributed by atoms with Gasteiger partial charge in [0.1, 0.15) is 5.15 Å². The first-order valence-corrected chi connectivity index (χ1v) is 8.45. The van der Waals surface area contributed by atoms with Gasteiger partial charge in [-0.3, -0.25) is 4.72 Å². The Labute approximate surface area is 133 Å². The van der Waals surface area contributed by atoms with Crippen molar-refractivity contribution in [3.05, 3.63) is 65.4 Å². The molecule has 3 rings (SSSR count). The van der Waals surface area contributed by atoms with Gasteiger partial charge < -0.3 is 0 Å². The van der Waals surface area contributed by atoms with Gasteiger partial charge in [0.15, 0.2) is 0 Å². The summed E-state index contributed by atoms with van der Waals surface area (Å²) >= 11 is 6.00. The van der Waals surface area contributed by atoms with Crippen LogP contribution >= 0.6 is 11.6 Å². The summed E-state index contributed by atoms with van der Waals surface area (Å²) in [5.74, 6) is 0. The first-order chi connectivity index (χ1) is 10.5. The Morgan fingerprint density at radius 3 is 2.50 bits per heavy atom. The maximum atomic E-state index is 12.4. The van der Waals surface area contributed by atoms with Crippen LogP contribution < -0.4 is 4.72 Å². The highest BCUT2D eigenvalue weighted by Crippen LogP contribution is 2.25. The van der Waals surface area contributed by atoms with Crippen LogP contribution in [0, 0.1) is 6.92 Å². The predicted molar refractivity (Wildman–Crippen MR) is 88.7 cm³/mol. The number of aromatic nitrogens is 1. The van der Waals surface area contributed by atoms with Crippen molar-refractivity contribution >= 4 is 38.1 Å². The minimum Gasteiger partial charge on any atom is -0.280 e. The number of nitrogens with one attached hydrogen (secondary N) is 1. The molecule has 0 amide bonds. The van der Waals surface area contributed by atoms with E-state index in [2.05, 4.69) is 9.71 Å². The molecule has 22 heavy (non-hydrogen) atoms. The molecular weight excluding hydrogens is 320 g/mol. The molecule has 0 atom stereocenters. The molecule has 0 unspecified atom stereocenters. The van der Waals surface area contributed by atoms with Crippen molar-refractivity contribution in [1.29, 1.82) is 0 Å². The largest absolute Gasteiger partial charge is 0.280 e. The normalized spacial score (nSPS) is 11.5. The Kier molecular flexibility index (Phi) is 3.76. The van der Waals surface area contributed by atoms with Crippen molar-refractivity contribution in [3.8, 4) is 0 Å². The van der Waals surface area contributed by atoms with Crippen LogP contribution in [0.2, 0.25) is 5.15 Å². The summed E-state index contributed by atoms with van der Waals surface area (Å²) in [6.45, 7) is 1.91. The average molecular weight is 333 g/mol. The fourth-order valence-corrected chi connectivity index (χ4v) is 3.41. The van der Waals surface area contributed by atoms with Crippen molar-refractivity contribution < 1.29 is 8.42 Å². The van der Waals surface area contributed by atoms with Crippen LogP contribution in [-0.2, 0) is 10.0 Å². The van der Waals surface area contributed by atoms with Gasteiger partial charge in [0.2, 0.25) is 0 Å². The van der Waals surface area contributed by atoms with Crippen LogP contribution in [-0.4, -0.2) is 13.4 Å². The van der Waals surface area contributed by atoms with Gasteiger partial charge in [-0.2, -0.15) is 0 Å². The van der Waals surface area contributed by atoms with E-state index in [0.717, 1.165) is 16.3 Å². The molecule has 0 aliphatic heterocycles. The van der Waals surface area contributed by atoms with Gasteiger partial charge in [0.25, 0.3) is 10.0 Å². The number of fused-ring (bicyclic) bond motifs is 1. The van der Waals surface area contributed by atoms with Gasteiger partial charge in [-0.25, -0.2) is 13.4 Å². The molecule has 1 heterocycles. The Bertz CT molecular complexity index is 938. The summed E-state index contributed by atoms with van der Waals surface area (Å²) in [6.07, 6.45) is 1.59. The monoisotopic (exact) mass is 332 g/mol. The lowest BCUT2D eigenvalue weighted by molar-refractivity contribution is 0.601. The molecule has 2 aromatic carbocycles. The summed E-state index contributed by atoms with van der Waals surface area (Å²) in [6, 6.07) is 13.6. The van der Waals surface area contributed by atoms with E-state index in [9.17, 15) is 8.42 Å². The molecule has 0 bridgehead atoms. The van der Waals surface area contributed by atoms with Gasteiger partial charge in [0.05, 0.1) is 4.90 Å². The van der Waals surface area contributed by atoms with Gasteiger partial charge in [0, 0.05) is 17.3 Å². The zero-order valence-corrected chi connectivity index (χ0v) is 13.3. The quantitative estimate of drug-likeness (QED) is 0.737. The van der Waals surface area contributed by atoms with Crippen molar-refractivity contribution in [2.45, 2.75) is 11.8 Å². The summed E-state index contributed by atoms with van der Waals surface area (Å²) < 4.78 is 27.3. The van der Waals surface area contributed by atoms with E-state index in [4.69, 9.17) is 11.6 Å². The number of hydrogen-bond acceptors (Lipinski definition) is 3. The number of sulfonamides is 1. The van der Waals surface area contributed by atoms with Crippen molar-refractivity contribution in [2.24, 2.45) is 0 Å². The molecule has 112 valence electrons. The highest BCUT2D eigenvalue weighted by Gasteiger charge is 2.14. The Hall–Kier alpha value is -2.11. The summed E-state index contributed by atoms with van der Waals surface area (Å²) in [4.78, 5) is 4.22. The van der Waals surface area contributed by atoms with E-state index < -0.39 is 10.0 Å². The first-order valence-electron chi connectivity index (χ1n) is 6.59. The maximum Gasteiger partial charge on any atom is 0.261 e. The van der Waals surface area contributed by atoms with E-state index in [1.165, 1.54) is 0 Å². The Morgan fingerprint density at radius 2 is 1.77 bits per heavy atom. The van der Waals surface area contributed by atoms with E-state index in [-0.39, 0.29) is 4.90 Å². The highest BCUT2D eigenvalue weighted by molar-refractivity contribution is 7.92. The summed E-state index contributed by atoms with van der Waals surface area (Å²) in [7, 11) is -3.61. The number of pyridine rings is 1. The Morgan fingerprint density at radius 1 is 1.05 bits per heavy atom. The molecular formula is C16H13ClN2O2S. The molecule has 3 aromatic rings. The average Bonchev–Trinajstić information content (AvgIpc) is 2.47. The third kappa shape index (κ3) is 2.91. The number of rotatable bonds is 3. The van der Waals surface area contributed by atoms with Crippen LogP contribution in [0.3, 0.4) is 0 Å². The number of benzene rings is 2. The number of anilines is 1. The van der Waals surface area contributed by atoms with Crippen LogP contribution in [0.15, 0.2) is 59.6 Å². The SMILES string of the molecule is Cc1ccc(S(=O)(=O)Nc2ccc3c(Cl)nccc3c2)cc1. The van der Waals surface area contributed by atoms with Crippen LogP contribution in [0.25, 0.3) is 10.8 Å². The minimum atomic E-state index is -3.61. The van der Waals surface area contributed by atoms with Gasteiger partial charge >= 0.3 is 0 Å². The fraction of sp³-hybridized carbons (Fsp3) is 0.0625. The molecule has 0 radical (unpaired) electrons. The second-order valence-corrected chi connectivity index (χ2v) is 7.00. The molecule has 6 heteroatoms. The molecule has 1 aromatic heterocycles. The first kappa shape index (κ1) is 14.8. The van der Waals surface area contributed by atoms with Gasteiger partial charge in [-0.1, -0.05) is 29.3 Å². The fourth-order valence-electron chi connectivity index (χ4n) is 2.14. The maximum absolute atomic E-state index is 12.4. The standard InChI is InChI=1S/C16H13ClN2O2S/c1-11-2-5-14(6-3-11)22(20,21)19-13-4-7-15-12(10-13)8-9-18-16(15)17/h2-10,19H,1H3. The van der Waals surface area contributed by atoms with Crippen LogP contribution in [0.1, 0.15) is 5.56 Å². The third-order valence-corrected chi connectivity index (χ3v) is 5.00. The van der Waals surface area contributed by atoms with E-state index in [0.29, 0.717) is 10.8 Å². The summed E-state index contributed by atoms with van der Waals surface area (Å²) in [5, 5.41) is 2.00. The molecule has 0 aliphatic carbocycles. The van der Waals surface area contributed by atoms with E-state index in [1.54, 1.807) is 54.7 Å². The van der Waals surface area contributed by atoms with Gasteiger partial charge in [-0.05, 0) is 48.7 Å². The number of halogens is 1. The van der Waals surface area contributed by atoms with Crippen LogP contribution in [0.5, 0.6) is 0 Å². The van der Waals surface area contributed by atoms with E-state index in [1.807, 2.05) is 6.92 Å². The van der Waals surface area contributed by atoms with E-state index >= 15 is 0 Å². The minimum absolute atomic E-state index is 0.228. The number of hydrogen-bond donors (Lipinski definition) is 1. The molecule has 0 saturated heterocycles. The van der Waals surface area contributed by atoms with Gasteiger partial charge in [-0.15, -0.1) is 0 Å². The topological polar surface area (TPSA) is 59.1 Å². The second-order valence-electron chi connectivity index (χ2n) is 4.96. The zero-order valence-electron chi connectivity index (χ0n) is 11.7. The molecule has 0 fully saturated rings. The molecule has 0 aliphatic rings. The highest BCUT2D eigenvalue weighted by atomic mass is 35.5. The molecule has 1 N–H and O–H groups in total. The predicted octanol–water partition coefficient (Wildman–Crippen LogP) is 4.00. The molecule has 4 nitrogen and oxygen atoms in total. The van der Waals surface area contributed by atoms with Crippen LogP contribution in [0.4, 0.5) is 5.69 Å². The number of aryl methyl sites for hydroxylation is 1. The van der Waals surface area contributed by atoms with Crippen molar-refractivity contribution in [2.75, 3.05) is 4.72 Å². The Balaban J connectivity index is 1.97. The number of nitrogens with zero attached hydrogens (tertiary/aromatic N) is 1. The summed E-state index contributed by atoms with van der Waals surface area (Å²) in [5.41, 5.74) is 1.49. The zero-order chi connectivity index (χ0) is 15.7. The molecule has 0 saturated carbocycles.